The van der Waals surface area contributed by atoms with Gasteiger partial charge in [-0.05, 0) is 43.4 Å². The molecule has 0 aromatic heterocycles. The summed E-state index contributed by atoms with van der Waals surface area (Å²) in [5, 5.41) is 10.6. The second-order valence-corrected chi connectivity index (χ2v) is 32.2. The van der Waals surface area contributed by atoms with Crippen molar-refractivity contribution in [3.8, 4) is 0 Å². The molecule has 0 aliphatic rings. The van der Waals surface area contributed by atoms with E-state index in [9.17, 15) is 43.2 Å². The van der Waals surface area contributed by atoms with E-state index in [1.807, 2.05) is 0 Å². The summed E-state index contributed by atoms with van der Waals surface area (Å²) in [6.45, 7) is 12.0. The lowest BCUT2D eigenvalue weighted by molar-refractivity contribution is -0.161. The third-order valence-electron chi connectivity index (χ3n) is 18.5. The average Bonchev–Trinajstić information content (AvgIpc) is 1.63. The standard InChI is InChI=1S/C78H152O17P2/c1-8-10-11-12-13-14-31-38-45-52-59-75(80)88-65-73(95-78(83)62-55-48-41-34-27-26-30-37-44-51-58-71(7)9-2)67-92-96(84,85)90-63-72(79)64-91-97(86,87)93-68-74(66-89-76(81)60-53-46-39-32-24-21-20-23-29-36-43-50-57-70(5)6)94-77(82)61-54-47-40-33-25-19-17-15-16-18-22-28-35-42-49-56-69(3)4/h69-74,79H,8-68H2,1-7H3,(H,84,85)(H,86,87)/t71?,72-,73+,74+/m0/s1. The summed E-state index contributed by atoms with van der Waals surface area (Å²) in [5.74, 6) is 0.273. The van der Waals surface area contributed by atoms with Gasteiger partial charge < -0.3 is 33.8 Å². The fraction of sp³-hybridized carbons (Fsp3) is 0.949. The van der Waals surface area contributed by atoms with E-state index in [1.165, 1.54) is 212 Å². The van der Waals surface area contributed by atoms with Crippen LogP contribution in [0, 0.1) is 17.8 Å². The van der Waals surface area contributed by atoms with Crippen LogP contribution in [-0.4, -0.2) is 96.7 Å². The van der Waals surface area contributed by atoms with Gasteiger partial charge in [-0.2, -0.15) is 0 Å². The quantitative estimate of drug-likeness (QED) is 0.0222. The molecule has 0 radical (unpaired) electrons. The van der Waals surface area contributed by atoms with E-state index >= 15 is 0 Å². The van der Waals surface area contributed by atoms with Crippen LogP contribution in [0.2, 0.25) is 0 Å². The molecule has 576 valence electrons. The van der Waals surface area contributed by atoms with Crippen LogP contribution in [0.15, 0.2) is 0 Å². The number of carbonyl (C=O) groups is 4. The number of esters is 4. The van der Waals surface area contributed by atoms with E-state index in [0.29, 0.717) is 25.7 Å². The summed E-state index contributed by atoms with van der Waals surface area (Å²) in [6, 6.07) is 0. The van der Waals surface area contributed by atoms with Gasteiger partial charge in [-0.15, -0.1) is 0 Å². The normalized spacial score (nSPS) is 14.3. The van der Waals surface area contributed by atoms with Crippen LogP contribution in [0.1, 0.15) is 402 Å². The van der Waals surface area contributed by atoms with E-state index < -0.39 is 97.5 Å². The Morgan fingerprint density at radius 3 is 0.784 bits per heavy atom. The number of unbranched alkanes of at least 4 members (excludes halogenated alkanes) is 43. The molecular formula is C78H152O17P2. The zero-order valence-electron chi connectivity index (χ0n) is 63.5. The first-order valence-corrected chi connectivity index (χ1v) is 43.4. The average molecular weight is 1420 g/mol. The van der Waals surface area contributed by atoms with Gasteiger partial charge in [-0.25, -0.2) is 9.13 Å². The van der Waals surface area contributed by atoms with Crippen molar-refractivity contribution >= 4 is 39.5 Å². The van der Waals surface area contributed by atoms with Crippen molar-refractivity contribution in [3.63, 3.8) is 0 Å². The molecule has 0 rings (SSSR count). The highest BCUT2D eigenvalue weighted by Gasteiger charge is 2.30. The highest BCUT2D eigenvalue weighted by Crippen LogP contribution is 2.45. The Bertz CT molecular complexity index is 1890. The number of phosphoric ester groups is 2. The molecule has 3 unspecified atom stereocenters. The van der Waals surface area contributed by atoms with Gasteiger partial charge in [-0.3, -0.25) is 37.3 Å². The van der Waals surface area contributed by atoms with Crippen molar-refractivity contribution in [1.29, 1.82) is 0 Å². The zero-order chi connectivity index (χ0) is 71.6. The SMILES string of the molecule is CCCCCCCCCCCCC(=O)OC[C@H](COP(=O)(O)OC[C@H](O)COP(=O)(O)OC[C@@H](COC(=O)CCCCCCCCCCCCCCC(C)C)OC(=O)CCCCCCCCCCCCCCCCCC(C)C)OC(=O)CCCCCCCCCCCCC(C)CC. The number of hydrogen-bond acceptors (Lipinski definition) is 15. The van der Waals surface area contributed by atoms with Gasteiger partial charge in [0.05, 0.1) is 26.4 Å². The summed E-state index contributed by atoms with van der Waals surface area (Å²) >= 11 is 0. The Balaban J connectivity index is 5.25. The van der Waals surface area contributed by atoms with E-state index in [2.05, 4.69) is 48.5 Å². The summed E-state index contributed by atoms with van der Waals surface area (Å²) in [6.07, 6.45) is 55.3. The molecule has 97 heavy (non-hydrogen) atoms. The van der Waals surface area contributed by atoms with E-state index in [1.54, 1.807) is 0 Å². The van der Waals surface area contributed by atoms with Gasteiger partial charge in [0.15, 0.2) is 12.2 Å². The summed E-state index contributed by atoms with van der Waals surface area (Å²) < 4.78 is 68.6. The van der Waals surface area contributed by atoms with Crippen molar-refractivity contribution < 1.29 is 80.2 Å². The highest BCUT2D eigenvalue weighted by atomic mass is 31.2. The Kier molecular flexibility index (Phi) is 67.1. The monoisotopic (exact) mass is 1420 g/mol. The number of hydrogen-bond donors (Lipinski definition) is 3. The smallest absolute Gasteiger partial charge is 0.462 e. The lowest BCUT2D eigenvalue weighted by Crippen LogP contribution is -2.30. The number of rotatable bonds is 76. The number of carbonyl (C=O) groups excluding carboxylic acids is 4. The maximum atomic E-state index is 13.1. The molecule has 0 aliphatic carbocycles. The molecule has 0 aliphatic heterocycles. The van der Waals surface area contributed by atoms with Gasteiger partial charge in [0, 0.05) is 25.7 Å². The maximum absolute atomic E-state index is 13.1. The van der Waals surface area contributed by atoms with Crippen LogP contribution in [0.25, 0.3) is 0 Å². The minimum Gasteiger partial charge on any atom is -0.462 e. The molecule has 0 fully saturated rings. The maximum Gasteiger partial charge on any atom is 0.472 e. The van der Waals surface area contributed by atoms with Crippen molar-refractivity contribution in [3.05, 3.63) is 0 Å². The van der Waals surface area contributed by atoms with Crippen LogP contribution in [0.3, 0.4) is 0 Å². The van der Waals surface area contributed by atoms with Gasteiger partial charge in [-0.1, -0.05) is 350 Å². The molecule has 0 aromatic carbocycles. The summed E-state index contributed by atoms with van der Waals surface area (Å²) in [4.78, 5) is 72.9. The molecule has 0 saturated carbocycles. The van der Waals surface area contributed by atoms with Crippen molar-refractivity contribution in [2.24, 2.45) is 17.8 Å². The molecule has 0 bridgehead atoms. The Morgan fingerprint density at radius 1 is 0.299 bits per heavy atom. The molecule has 0 amide bonds. The molecule has 0 saturated heterocycles. The van der Waals surface area contributed by atoms with Gasteiger partial charge in [0.2, 0.25) is 0 Å². The van der Waals surface area contributed by atoms with Gasteiger partial charge in [0.1, 0.15) is 19.3 Å². The molecule has 19 heteroatoms. The number of phosphoric acid groups is 2. The van der Waals surface area contributed by atoms with Crippen LogP contribution in [-0.2, 0) is 65.4 Å². The fourth-order valence-corrected chi connectivity index (χ4v) is 13.5. The number of ether oxygens (including phenoxy) is 4. The highest BCUT2D eigenvalue weighted by molar-refractivity contribution is 7.47. The molecule has 0 heterocycles. The topological polar surface area (TPSA) is 237 Å². The minimum absolute atomic E-state index is 0.106. The second kappa shape index (κ2) is 68.5. The largest absolute Gasteiger partial charge is 0.472 e. The number of aliphatic hydroxyl groups is 1. The third kappa shape index (κ3) is 70.9. The first kappa shape index (κ1) is 95.1. The van der Waals surface area contributed by atoms with Crippen molar-refractivity contribution in [2.45, 2.75) is 420 Å². The predicted molar refractivity (Wildman–Crippen MR) is 395 cm³/mol. The lowest BCUT2D eigenvalue weighted by atomic mass is 9.99. The molecule has 0 aromatic rings. The fourth-order valence-electron chi connectivity index (χ4n) is 11.9. The Hall–Kier alpha value is -1.94. The minimum atomic E-state index is -4.96. The van der Waals surface area contributed by atoms with Crippen LogP contribution in [0.5, 0.6) is 0 Å². The third-order valence-corrected chi connectivity index (χ3v) is 20.4. The van der Waals surface area contributed by atoms with Gasteiger partial charge in [0.25, 0.3) is 0 Å². The molecule has 3 N–H and O–H groups in total. The van der Waals surface area contributed by atoms with Crippen LogP contribution in [0.4, 0.5) is 0 Å². The van der Waals surface area contributed by atoms with Crippen molar-refractivity contribution in [2.75, 3.05) is 39.6 Å². The molecular weight excluding hydrogens is 1270 g/mol. The first-order valence-electron chi connectivity index (χ1n) is 40.4. The van der Waals surface area contributed by atoms with Crippen LogP contribution >= 0.6 is 15.6 Å². The second-order valence-electron chi connectivity index (χ2n) is 29.3. The van der Waals surface area contributed by atoms with Crippen LogP contribution < -0.4 is 0 Å². The predicted octanol–water partition coefficient (Wildman–Crippen LogP) is 23.0. The van der Waals surface area contributed by atoms with E-state index in [0.717, 1.165) is 108 Å². The van der Waals surface area contributed by atoms with E-state index in [-0.39, 0.29) is 25.7 Å². The molecule has 17 nitrogen and oxygen atoms in total. The lowest BCUT2D eigenvalue weighted by Gasteiger charge is -2.21. The van der Waals surface area contributed by atoms with Crippen molar-refractivity contribution in [1.82, 2.24) is 0 Å². The molecule has 6 atom stereocenters. The first-order chi connectivity index (χ1) is 46.8. The van der Waals surface area contributed by atoms with E-state index in [4.69, 9.17) is 37.0 Å². The molecule has 0 spiro atoms. The van der Waals surface area contributed by atoms with Gasteiger partial charge >= 0.3 is 39.5 Å². The number of aliphatic hydroxyl groups excluding tert-OH is 1. The Labute approximate surface area is 594 Å². The summed E-state index contributed by atoms with van der Waals surface area (Å²) in [5.41, 5.74) is 0. The summed E-state index contributed by atoms with van der Waals surface area (Å²) in [7, 11) is -9.92. The Morgan fingerprint density at radius 2 is 0.526 bits per heavy atom. The zero-order valence-corrected chi connectivity index (χ0v) is 65.3.